The Kier molecular flexibility index (Phi) is 2.86. The number of hydrogen-bond donors (Lipinski definition) is 1. The molecule has 2 fully saturated rings. The van der Waals surface area contributed by atoms with Crippen LogP contribution in [0.5, 0.6) is 0 Å². The summed E-state index contributed by atoms with van der Waals surface area (Å²) < 4.78 is 1.79. The van der Waals surface area contributed by atoms with Gasteiger partial charge in [-0.25, -0.2) is 4.98 Å². The van der Waals surface area contributed by atoms with Gasteiger partial charge in [0.25, 0.3) is 5.91 Å². The van der Waals surface area contributed by atoms with Crippen molar-refractivity contribution >= 4 is 5.91 Å². The van der Waals surface area contributed by atoms with Gasteiger partial charge in [0.1, 0.15) is 5.69 Å². The number of nitrogens with zero attached hydrogens (tertiary/aromatic N) is 3. The first-order valence-corrected chi connectivity index (χ1v) is 6.64. The number of hydrogen-bond acceptors (Lipinski definition) is 3. The van der Waals surface area contributed by atoms with Crippen molar-refractivity contribution < 1.29 is 4.79 Å². The van der Waals surface area contributed by atoms with Gasteiger partial charge in [-0.3, -0.25) is 4.79 Å². The Labute approximate surface area is 107 Å². The maximum Gasteiger partial charge on any atom is 0.272 e. The van der Waals surface area contributed by atoms with Crippen LogP contribution in [0, 0.1) is 0 Å². The van der Waals surface area contributed by atoms with Gasteiger partial charge in [0.2, 0.25) is 0 Å². The van der Waals surface area contributed by atoms with Crippen LogP contribution in [0.1, 0.15) is 36.2 Å². The fourth-order valence-corrected chi connectivity index (χ4v) is 3.25. The largest absolute Gasteiger partial charge is 0.337 e. The highest BCUT2D eigenvalue weighted by molar-refractivity contribution is 5.92. The van der Waals surface area contributed by atoms with Crippen LogP contribution in [0.3, 0.4) is 0 Å². The van der Waals surface area contributed by atoms with Crippen molar-refractivity contribution in [3.63, 3.8) is 0 Å². The van der Waals surface area contributed by atoms with Crippen molar-refractivity contribution in [1.82, 2.24) is 19.8 Å². The minimum Gasteiger partial charge on any atom is -0.337 e. The number of fused-ring (bicyclic) bond motifs is 2. The lowest BCUT2D eigenvalue weighted by Crippen LogP contribution is -2.49. The molecule has 1 amide bonds. The Bertz CT molecular complexity index is 444. The summed E-state index contributed by atoms with van der Waals surface area (Å²) in [5, 5.41) is 3.60. The second-order valence-electron chi connectivity index (χ2n) is 5.57. The van der Waals surface area contributed by atoms with Gasteiger partial charge in [-0.05, 0) is 25.7 Å². The molecule has 2 saturated heterocycles. The Morgan fingerprint density at radius 3 is 2.67 bits per heavy atom. The Morgan fingerprint density at radius 1 is 1.44 bits per heavy atom. The molecular weight excluding hydrogens is 228 g/mol. The van der Waals surface area contributed by atoms with Gasteiger partial charge in [0, 0.05) is 32.2 Å². The van der Waals surface area contributed by atoms with E-state index >= 15 is 0 Å². The summed E-state index contributed by atoms with van der Waals surface area (Å²) in [5.74, 6) is 0.0845. The molecule has 0 aliphatic carbocycles. The Morgan fingerprint density at radius 2 is 2.11 bits per heavy atom. The second-order valence-corrected chi connectivity index (χ2v) is 5.57. The van der Waals surface area contributed by atoms with Crippen molar-refractivity contribution in [2.45, 2.75) is 43.8 Å². The summed E-state index contributed by atoms with van der Waals surface area (Å²) in [7, 11) is 3.78. The van der Waals surface area contributed by atoms with Crippen LogP contribution in [-0.2, 0) is 7.05 Å². The lowest BCUT2D eigenvalue weighted by Gasteiger charge is -2.35. The highest BCUT2D eigenvalue weighted by Gasteiger charge is 2.36. The van der Waals surface area contributed by atoms with Gasteiger partial charge in [-0.1, -0.05) is 0 Å². The van der Waals surface area contributed by atoms with Gasteiger partial charge < -0.3 is 14.8 Å². The summed E-state index contributed by atoms with van der Waals surface area (Å²) in [6, 6.07) is 1.58. The molecule has 0 radical (unpaired) electrons. The number of carbonyl (C=O) groups excluding carboxylic acids is 1. The van der Waals surface area contributed by atoms with Crippen molar-refractivity contribution in [2.24, 2.45) is 7.05 Å². The molecule has 5 nitrogen and oxygen atoms in total. The smallest absolute Gasteiger partial charge is 0.272 e. The molecule has 2 aliphatic rings. The van der Waals surface area contributed by atoms with E-state index in [1.807, 2.05) is 19.0 Å². The van der Waals surface area contributed by atoms with E-state index in [1.165, 1.54) is 12.8 Å². The molecule has 2 bridgehead atoms. The summed E-state index contributed by atoms with van der Waals surface area (Å²) in [4.78, 5) is 18.3. The number of imidazole rings is 1. The van der Waals surface area contributed by atoms with Crippen LogP contribution in [0.25, 0.3) is 0 Å². The van der Waals surface area contributed by atoms with Crippen molar-refractivity contribution in [3.05, 3.63) is 18.2 Å². The van der Waals surface area contributed by atoms with E-state index in [9.17, 15) is 4.79 Å². The van der Waals surface area contributed by atoms with Gasteiger partial charge in [0.05, 0.1) is 12.5 Å². The van der Waals surface area contributed by atoms with E-state index in [0.29, 0.717) is 23.8 Å². The van der Waals surface area contributed by atoms with E-state index in [1.54, 1.807) is 17.1 Å². The van der Waals surface area contributed by atoms with Gasteiger partial charge in [-0.15, -0.1) is 0 Å². The first-order chi connectivity index (χ1) is 8.65. The molecule has 2 atom stereocenters. The topological polar surface area (TPSA) is 50.2 Å². The van der Waals surface area contributed by atoms with Crippen molar-refractivity contribution in [2.75, 3.05) is 7.05 Å². The maximum absolute atomic E-state index is 12.4. The molecular formula is C13H20N4O. The lowest BCUT2D eigenvalue weighted by atomic mass is 9.98. The predicted molar refractivity (Wildman–Crippen MR) is 68.3 cm³/mol. The Hall–Kier alpha value is -1.36. The zero-order valence-electron chi connectivity index (χ0n) is 11.0. The number of rotatable bonds is 2. The van der Waals surface area contributed by atoms with Gasteiger partial charge in [0.15, 0.2) is 0 Å². The molecule has 1 aromatic heterocycles. The van der Waals surface area contributed by atoms with Crippen LogP contribution in [0.4, 0.5) is 0 Å². The lowest BCUT2D eigenvalue weighted by molar-refractivity contribution is 0.0672. The van der Waals surface area contributed by atoms with E-state index in [0.717, 1.165) is 12.8 Å². The average Bonchev–Trinajstić information content (AvgIpc) is 2.93. The number of carbonyl (C=O) groups is 1. The molecule has 1 aromatic rings. The predicted octanol–water partition coefficient (Wildman–Crippen LogP) is 0.775. The van der Waals surface area contributed by atoms with Crippen molar-refractivity contribution in [3.8, 4) is 0 Å². The molecule has 3 rings (SSSR count). The number of aryl methyl sites for hydroxylation is 1. The zero-order chi connectivity index (χ0) is 12.7. The minimum absolute atomic E-state index is 0.0845. The molecule has 3 heterocycles. The van der Waals surface area contributed by atoms with Crippen LogP contribution in [0.15, 0.2) is 12.5 Å². The Balaban J connectivity index is 1.73. The molecule has 18 heavy (non-hydrogen) atoms. The third-order valence-corrected chi connectivity index (χ3v) is 4.35. The summed E-state index contributed by atoms with van der Waals surface area (Å²) in [6.07, 6.45) is 8.00. The fourth-order valence-electron chi connectivity index (χ4n) is 3.25. The van der Waals surface area contributed by atoms with E-state index < -0.39 is 0 Å². The minimum atomic E-state index is 0.0845. The first kappa shape index (κ1) is 11.7. The monoisotopic (exact) mass is 248 g/mol. The fraction of sp³-hybridized carbons (Fsp3) is 0.692. The number of nitrogens with one attached hydrogen (secondary N) is 1. The van der Waals surface area contributed by atoms with E-state index in [4.69, 9.17) is 0 Å². The van der Waals surface area contributed by atoms with Gasteiger partial charge in [-0.2, -0.15) is 0 Å². The first-order valence-electron chi connectivity index (χ1n) is 6.64. The zero-order valence-corrected chi connectivity index (χ0v) is 11.0. The number of aromatic nitrogens is 2. The highest BCUT2D eigenvalue weighted by Crippen LogP contribution is 2.29. The second kappa shape index (κ2) is 4.39. The molecule has 0 spiro atoms. The number of amides is 1. The normalized spacial score (nSPS) is 30.4. The molecule has 5 heteroatoms. The molecule has 0 saturated carbocycles. The van der Waals surface area contributed by atoms with Crippen LogP contribution >= 0.6 is 0 Å². The third-order valence-electron chi connectivity index (χ3n) is 4.35. The maximum atomic E-state index is 12.4. The van der Waals surface area contributed by atoms with Crippen LogP contribution in [-0.4, -0.2) is 45.5 Å². The quantitative estimate of drug-likeness (QED) is 0.841. The van der Waals surface area contributed by atoms with Crippen molar-refractivity contribution in [1.29, 1.82) is 0 Å². The third kappa shape index (κ3) is 1.92. The summed E-state index contributed by atoms with van der Waals surface area (Å²) in [5.41, 5.74) is 0.670. The van der Waals surface area contributed by atoms with Gasteiger partial charge >= 0.3 is 0 Å². The molecule has 1 N–H and O–H groups in total. The standard InChI is InChI=1S/C13H20N4O/c1-16-8-14-7-12(16)13(18)17(2)11-5-9-3-4-10(6-11)15-9/h7-11,15H,3-6H2,1-2H3. The van der Waals surface area contributed by atoms with E-state index in [2.05, 4.69) is 10.3 Å². The molecule has 0 aromatic carbocycles. The highest BCUT2D eigenvalue weighted by atomic mass is 16.2. The average molecular weight is 248 g/mol. The van der Waals surface area contributed by atoms with Crippen LogP contribution < -0.4 is 5.32 Å². The van der Waals surface area contributed by atoms with Crippen LogP contribution in [0.2, 0.25) is 0 Å². The summed E-state index contributed by atoms with van der Waals surface area (Å²) >= 11 is 0. The molecule has 98 valence electrons. The SMILES string of the molecule is CN(C(=O)c1cncn1C)C1CC2CCC(C1)N2. The summed E-state index contributed by atoms with van der Waals surface area (Å²) in [6.45, 7) is 0. The van der Waals surface area contributed by atoms with E-state index in [-0.39, 0.29) is 5.91 Å². The molecule has 2 aliphatic heterocycles. The molecule has 2 unspecified atom stereocenters. The number of piperidine rings is 1.